The van der Waals surface area contributed by atoms with Crippen LogP contribution in [0.2, 0.25) is 0 Å². The van der Waals surface area contributed by atoms with Crippen molar-refractivity contribution in [3.8, 4) is 5.69 Å². The monoisotopic (exact) mass is 262 g/mol. The molecule has 0 spiro atoms. The molecule has 1 aromatic carbocycles. The van der Waals surface area contributed by atoms with Crippen molar-refractivity contribution in [1.29, 1.82) is 0 Å². The van der Waals surface area contributed by atoms with Crippen molar-refractivity contribution in [1.82, 2.24) is 19.7 Å². The fraction of sp³-hybridized carbons (Fsp3) is 0. The van der Waals surface area contributed by atoms with Crippen molar-refractivity contribution in [2.75, 3.05) is 0 Å². The van der Waals surface area contributed by atoms with E-state index in [1.54, 1.807) is 24.7 Å². The molecule has 0 saturated heterocycles. The van der Waals surface area contributed by atoms with E-state index in [2.05, 4.69) is 15.1 Å². The van der Waals surface area contributed by atoms with Crippen LogP contribution in [0, 0.1) is 0 Å². The SMILES string of the molecule is O=c1c2cnc3ccccc3c2[nH]n1-c1cccnc1. The maximum atomic E-state index is 12.4. The van der Waals surface area contributed by atoms with Gasteiger partial charge in [0.15, 0.2) is 0 Å². The van der Waals surface area contributed by atoms with Crippen LogP contribution in [0.1, 0.15) is 0 Å². The lowest BCUT2D eigenvalue weighted by Gasteiger charge is -1.99. The third kappa shape index (κ3) is 1.46. The summed E-state index contributed by atoms with van der Waals surface area (Å²) in [6, 6.07) is 11.4. The smallest absolute Gasteiger partial charge is 0.280 e. The first-order chi connectivity index (χ1) is 9.84. The zero-order valence-corrected chi connectivity index (χ0v) is 10.4. The van der Waals surface area contributed by atoms with Crippen LogP contribution in [0.25, 0.3) is 27.5 Å². The molecule has 5 heteroatoms. The molecule has 0 bridgehead atoms. The molecule has 0 unspecified atom stereocenters. The average molecular weight is 262 g/mol. The Labute approximate surface area is 113 Å². The lowest BCUT2D eigenvalue weighted by molar-refractivity contribution is 0.858. The Balaban J connectivity index is 2.13. The van der Waals surface area contributed by atoms with E-state index in [1.807, 2.05) is 30.3 Å². The average Bonchev–Trinajstić information content (AvgIpc) is 2.86. The predicted octanol–water partition coefficient (Wildman–Crippen LogP) is 2.26. The van der Waals surface area contributed by atoms with E-state index in [1.165, 1.54) is 4.68 Å². The molecule has 0 aliphatic carbocycles. The Hall–Kier alpha value is -2.95. The van der Waals surface area contributed by atoms with Gasteiger partial charge in [0.2, 0.25) is 0 Å². The van der Waals surface area contributed by atoms with E-state index in [0.29, 0.717) is 11.1 Å². The number of H-pyrrole nitrogens is 1. The molecule has 3 heterocycles. The molecule has 0 radical (unpaired) electrons. The Morgan fingerprint density at radius 3 is 2.75 bits per heavy atom. The third-order valence-corrected chi connectivity index (χ3v) is 3.34. The van der Waals surface area contributed by atoms with Gasteiger partial charge in [-0.2, -0.15) is 0 Å². The molecule has 5 nitrogen and oxygen atoms in total. The van der Waals surface area contributed by atoms with Crippen LogP contribution in [0.5, 0.6) is 0 Å². The summed E-state index contributed by atoms with van der Waals surface area (Å²) in [6.07, 6.45) is 4.93. The lowest BCUT2D eigenvalue weighted by atomic mass is 10.2. The van der Waals surface area contributed by atoms with Crippen molar-refractivity contribution in [3.63, 3.8) is 0 Å². The van der Waals surface area contributed by atoms with Crippen LogP contribution in [0.3, 0.4) is 0 Å². The van der Waals surface area contributed by atoms with Gasteiger partial charge in [0.25, 0.3) is 5.56 Å². The van der Waals surface area contributed by atoms with E-state index >= 15 is 0 Å². The third-order valence-electron chi connectivity index (χ3n) is 3.34. The van der Waals surface area contributed by atoms with Crippen LogP contribution in [-0.2, 0) is 0 Å². The first kappa shape index (κ1) is 10.9. The number of hydrogen-bond acceptors (Lipinski definition) is 3. The first-order valence-corrected chi connectivity index (χ1v) is 6.23. The minimum Gasteiger partial charge on any atom is -0.289 e. The number of benzene rings is 1. The van der Waals surface area contributed by atoms with Gasteiger partial charge >= 0.3 is 0 Å². The van der Waals surface area contributed by atoms with Crippen LogP contribution in [-0.4, -0.2) is 19.7 Å². The molecule has 0 aliphatic rings. The quantitative estimate of drug-likeness (QED) is 0.572. The Bertz CT molecular complexity index is 969. The summed E-state index contributed by atoms with van der Waals surface area (Å²) in [7, 11) is 0. The number of aromatic nitrogens is 4. The van der Waals surface area contributed by atoms with E-state index in [0.717, 1.165) is 16.4 Å². The Morgan fingerprint density at radius 2 is 1.90 bits per heavy atom. The first-order valence-electron chi connectivity index (χ1n) is 6.23. The van der Waals surface area contributed by atoms with Gasteiger partial charge in [-0.3, -0.25) is 19.9 Å². The molecule has 0 fully saturated rings. The highest BCUT2D eigenvalue weighted by atomic mass is 16.1. The van der Waals surface area contributed by atoms with Crippen LogP contribution in [0.4, 0.5) is 0 Å². The molecule has 4 rings (SSSR count). The Morgan fingerprint density at radius 1 is 1.00 bits per heavy atom. The minimum atomic E-state index is -0.119. The Kier molecular flexibility index (Phi) is 2.20. The van der Waals surface area contributed by atoms with E-state index in [-0.39, 0.29) is 5.56 Å². The van der Waals surface area contributed by atoms with Crippen molar-refractivity contribution in [2.24, 2.45) is 0 Å². The zero-order valence-electron chi connectivity index (χ0n) is 10.4. The molecule has 0 atom stereocenters. The lowest BCUT2D eigenvalue weighted by Crippen LogP contribution is -2.14. The second-order valence-electron chi connectivity index (χ2n) is 4.53. The molecule has 0 aliphatic heterocycles. The highest BCUT2D eigenvalue weighted by Crippen LogP contribution is 2.20. The minimum absolute atomic E-state index is 0.119. The van der Waals surface area contributed by atoms with Crippen LogP contribution >= 0.6 is 0 Å². The largest absolute Gasteiger partial charge is 0.289 e. The van der Waals surface area contributed by atoms with Gasteiger partial charge in [-0.25, -0.2) is 4.68 Å². The number of nitrogens with zero attached hydrogens (tertiary/aromatic N) is 3. The zero-order chi connectivity index (χ0) is 13.5. The maximum Gasteiger partial charge on any atom is 0.280 e. The number of rotatable bonds is 1. The highest BCUT2D eigenvalue weighted by molar-refractivity contribution is 6.02. The molecule has 4 aromatic rings. The van der Waals surface area contributed by atoms with Crippen molar-refractivity contribution >= 4 is 21.8 Å². The van der Waals surface area contributed by atoms with E-state index < -0.39 is 0 Å². The van der Waals surface area contributed by atoms with Gasteiger partial charge < -0.3 is 0 Å². The van der Waals surface area contributed by atoms with Crippen molar-refractivity contribution < 1.29 is 0 Å². The topological polar surface area (TPSA) is 63.6 Å². The van der Waals surface area contributed by atoms with Crippen molar-refractivity contribution in [3.05, 3.63) is 65.3 Å². The summed E-state index contributed by atoms with van der Waals surface area (Å²) in [5, 5.41) is 4.66. The summed E-state index contributed by atoms with van der Waals surface area (Å²) in [5.41, 5.74) is 2.24. The summed E-state index contributed by atoms with van der Waals surface area (Å²) in [5.74, 6) is 0. The number of pyridine rings is 2. The molecule has 20 heavy (non-hydrogen) atoms. The molecule has 0 saturated carbocycles. The fourth-order valence-electron chi connectivity index (χ4n) is 2.37. The molecular formula is C15H10N4O. The van der Waals surface area contributed by atoms with E-state index in [9.17, 15) is 4.79 Å². The molecule has 0 amide bonds. The van der Waals surface area contributed by atoms with E-state index in [4.69, 9.17) is 0 Å². The normalized spacial score (nSPS) is 11.2. The van der Waals surface area contributed by atoms with Gasteiger partial charge in [0, 0.05) is 17.8 Å². The number of hydrogen-bond donors (Lipinski definition) is 1. The maximum absolute atomic E-state index is 12.4. The second kappa shape index (κ2) is 4.03. The number of fused-ring (bicyclic) bond motifs is 3. The molecule has 1 N–H and O–H groups in total. The van der Waals surface area contributed by atoms with Gasteiger partial charge in [0.05, 0.1) is 28.3 Å². The number of aromatic amines is 1. The van der Waals surface area contributed by atoms with Gasteiger partial charge in [-0.15, -0.1) is 0 Å². The van der Waals surface area contributed by atoms with Gasteiger partial charge in [0.1, 0.15) is 0 Å². The summed E-state index contributed by atoms with van der Waals surface area (Å²) >= 11 is 0. The van der Waals surface area contributed by atoms with Crippen LogP contribution in [0.15, 0.2) is 59.8 Å². The van der Waals surface area contributed by atoms with Crippen LogP contribution < -0.4 is 5.56 Å². The predicted molar refractivity (Wildman–Crippen MR) is 77.0 cm³/mol. The molecule has 96 valence electrons. The van der Waals surface area contributed by atoms with Crippen molar-refractivity contribution in [2.45, 2.75) is 0 Å². The highest BCUT2D eigenvalue weighted by Gasteiger charge is 2.11. The fourth-order valence-corrected chi connectivity index (χ4v) is 2.37. The molecule has 3 aromatic heterocycles. The summed E-state index contributed by atoms with van der Waals surface area (Å²) in [6.45, 7) is 0. The second-order valence-corrected chi connectivity index (χ2v) is 4.53. The van der Waals surface area contributed by atoms with Gasteiger partial charge in [-0.1, -0.05) is 18.2 Å². The number of nitrogens with one attached hydrogen (secondary N) is 1. The van der Waals surface area contributed by atoms with Gasteiger partial charge in [-0.05, 0) is 18.2 Å². The number of para-hydroxylation sites is 1. The standard InChI is InChI=1S/C15H10N4O/c20-15-12-9-17-13-6-2-1-5-11(13)14(12)18-19(15)10-4-3-7-16-8-10/h1-9,18H. The summed E-state index contributed by atoms with van der Waals surface area (Å²) < 4.78 is 1.49. The summed E-state index contributed by atoms with van der Waals surface area (Å²) in [4.78, 5) is 20.8. The molecular weight excluding hydrogens is 252 g/mol.